The van der Waals surface area contributed by atoms with E-state index in [9.17, 15) is 4.39 Å². The minimum Gasteiger partial charge on any atom is -0.485 e. The zero-order chi connectivity index (χ0) is 14.3. The summed E-state index contributed by atoms with van der Waals surface area (Å²) in [6, 6.07) is 10.4. The Morgan fingerprint density at radius 3 is 2.60 bits per heavy atom. The molecule has 1 heterocycles. The second kappa shape index (κ2) is 5.47. The minimum atomic E-state index is -0.274. The maximum Gasteiger partial charge on any atom is 0.127 e. The lowest BCUT2D eigenvalue weighted by atomic mass is 9.93. The van der Waals surface area contributed by atoms with Gasteiger partial charge >= 0.3 is 0 Å². The molecule has 2 atom stereocenters. The van der Waals surface area contributed by atoms with E-state index in [-0.39, 0.29) is 18.0 Å². The highest BCUT2D eigenvalue weighted by Gasteiger charge is 2.28. The van der Waals surface area contributed by atoms with Crippen molar-refractivity contribution in [2.45, 2.75) is 18.6 Å². The van der Waals surface area contributed by atoms with Crippen molar-refractivity contribution >= 4 is 31.9 Å². The van der Waals surface area contributed by atoms with Gasteiger partial charge in [-0.15, -0.1) is 0 Å². The molecule has 2 nitrogen and oxygen atoms in total. The van der Waals surface area contributed by atoms with E-state index in [1.165, 1.54) is 12.1 Å². The van der Waals surface area contributed by atoms with Crippen LogP contribution in [0.4, 0.5) is 4.39 Å². The van der Waals surface area contributed by atoms with Gasteiger partial charge < -0.3 is 10.5 Å². The molecule has 20 heavy (non-hydrogen) atoms. The highest BCUT2D eigenvalue weighted by Crippen LogP contribution is 2.42. The monoisotopic (exact) mass is 399 g/mol. The Morgan fingerprint density at radius 2 is 1.85 bits per heavy atom. The highest BCUT2D eigenvalue weighted by molar-refractivity contribution is 9.10. The fraction of sp³-hybridized carbons (Fsp3) is 0.200. The molecule has 2 aromatic carbocycles. The van der Waals surface area contributed by atoms with E-state index in [2.05, 4.69) is 31.9 Å². The van der Waals surface area contributed by atoms with Crippen LogP contribution >= 0.6 is 31.9 Å². The van der Waals surface area contributed by atoms with Crippen LogP contribution in [0.5, 0.6) is 5.75 Å². The first-order valence-corrected chi connectivity index (χ1v) is 7.80. The summed E-state index contributed by atoms with van der Waals surface area (Å²) in [5.41, 5.74) is 8.13. The van der Waals surface area contributed by atoms with Crippen molar-refractivity contribution in [2.75, 3.05) is 0 Å². The largest absolute Gasteiger partial charge is 0.485 e. The third kappa shape index (κ3) is 2.62. The van der Waals surface area contributed by atoms with Gasteiger partial charge in [-0.3, -0.25) is 0 Å². The van der Waals surface area contributed by atoms with Gasteiger partial charge in [0.25, 0.3) is 0 Å². The van der Waals surface area contributed by atoms with Gasteiger partial charge in [-0.05, 0) is 24.3 Å². The molecule has 1 aliphatic rings. The lowest BCUT2D eigenvalue weighted by Gasteiger charge is -2.31. The molecule has 5 heteroatoms. The van der Waals surface area contributed by atoms with Crippen LogP contribution in [0.1, 0.15) is 29.7 Å². The van der Waals surface area contributed by atoms with Crippen LogP contribution in [0, 0.1) is 5.82 Å². The van der Waals surface area contributed by atoms with Gasteiger partial charge in [-0.2, -0.15) is 0 Å². The Hall–Kier alpha value is -0.910. The van der Waals surface area contributed by atoms with Gasteiger partial charge in [0.05, 0.1) is 0 Å². The highest BCUT2D eigenvalue weighted by atomic mass is 79.9. The van der Waals surface area contributed by atoms with Crippen molar-refractivity contribution in [3.05, 3.63) is 62.3 Å². The van der Waals surface area contributed by atoms with Gasteiger partial charge in [-0.1, -0.05) is 44.0 Å². The average Bonchev–Trinajstić information content (AvgIpc) is 2.37. The van der Waals surface area contributed by atoms with E-state index < -0.39 is 0 Å². The van der Waals surface area contributed by atoms with Crippen LogP contribution < -0.4 is 10.5 Å². The van der Waals surface area contributed by atoms with Crippen LogP contribution in [0.15, 0.2) is 45.3 Å². The van der Waals surface area contributed by atoms with Crippen molar-refractivity contribution in [2.24, 2.45) is 5.73 Å². The Balaban J connectivity index is 1.98. The predicted octanol–water partition coefficient (Wildman–Crippen LogP) is 4.87. The van der Waals surface area contributed by atoms with E-state index in [0.717, 1.165) is 21.3 Å². The van der Waals surface area contributed by atoms with Crippen molar-refractivity contribution in [3.8, 4) is 5.75 Å². The average molecular weight is 401 g/mol. The van der Waals surface area contributed by atoms with Gasteiger partial charge in [0.15, 0.2) is 0 Å². The van der Waals surface area contributed by atoms with Gasteiger partial charge in [-0.25, -0.2) is 4.39 Å². The molecule has 0 radical (unpaired) electrons. The van der Waals surface area contributed by atoms with Crippen LogP contribution in [0.3, 0.4) is 0 Å². The summed E-state index contributed by atoms with van der Waals surface area (Å²) in [7, 11) is 0. The first-order valence-electron chi connectivity index (χ1n) is 6.21. The van der Waals surface area contributed by atoms with E-state index in [1.54, 1.807) is 6.07 Å². The molecule has 2 N–H and O–H groups in total. The normalized spacial score (nSPS) is 21.2. The first kappa shape index (κ1) is 14.0. The molecule has 1 unspecified atom stereocenters. The first-order chi connectivity index (χ1) is 9.54. The standard InChI is InChI=1S/C15H12Br2FNO/c16-8-1-3-11-13(19)7-15(20-14(11)5-8)10-4-2-9(18)6-12(10)17/h1-6,13,15H,7,19H2/t13-,15?/m1/s1. The summed E-state index contributed by atoms with van der Waals surface area (Å²) < 4.78 is 20.9. The molecule has 3 rings (SSSR count). The lowest BCUT2D eigenvalue weighted by Crippen LogP contribution is -2.24. The van der Waals surface area contributed by atoms with Crippen molar-refractivity contribution < 1.29 is 9.13 Å². The number of halogens is 3. The van der Waals surface area contributed by atoms with Crippen molar-refractivity contribution in [1.82, 2.24) is 0 Å². The fourth-order valence-corrected chi connectivity index (χ4v) is 3.37. The number of hydrogen-bond acceptors (Lipinski definition) is 2. The van der Waals surface area contributed by atoms with Crippen LogP contribution in [0.25, 0.3) is 0 Å². The Labute approximate surface area is 133 Å². The molecule has 0 amide bonds. The lowest BCUT2D eigenvalue weighted by molar-refractivity contribution is 0.160. The molecule has 0 saturated heterocycles. The Kier molecular flexibility index (Phi) is 3.84. The summed E-state index contributed by atoms with van der Waals surface area (Å²) >= 11 is 6.82. The topological polar surface area (TPSA) is 35.2 Å². The zero-order valence-electron chi connectivity index (χ0n) is 10.4. The minimum absolute atomic E-state index is 0.0891. The summed E-state index contributed by atoms with van der Waals surface area (Å²) in [6.45, 7) is 0. The Bertz CT molecular complexity index is 662. The van der Waals surface area contributed by atoms with Gasteiger partial charge in [0, 0.05) is 32.5 Å². The number of rotatable bonds is 1. The number of ether oxygens (including phenoxy) is 1. The molecule has 0 saturated carbocycles. The molecule has 0 aromatic heterocycles. The van der Waals surface area contributed by atoms with Crippen LogP contribution in [-0.4, -0.2) is 0 Å². The summed E-state index contributed by atoms with van der Waals surface area (Å²) in [4.78, 5) is 0. The quantitative estimate of drug-likeness (QED) is 0.740. The number of nitrogens with two attached hydrogens (primary N) is 1. The van der Waals surface area contributed by atoms with Crippen molar-refractivity contribution in [3.63, 3.8) is 0 Å². The zero-order valence-corrected chi connectivity index (χ0v) is 13.6. The molecule has 104 valence electrons. The molecular formula is C15H12Br2FNO. The second-order valence-corrected chi connectivity index (χ2v) is 6.57. The molecule has 0 fully saturated rings. The molecule has 0 aliphatic carbocycles. The fourth-order valence-electron chi connectivity index (χ4n) is 2.43. The summed E-state index contributed by atoms with van der Waals surface area (Å²) in [5.74, 6) is 0.503. The second-order valence-electron chi connectivity index (χ2n) is 4.80. The molecular weight excluding hydrogens is 389 g/mol. The number of fused-ring (bicyclic) bond motifs is 1. The third-order valence-corrected chi connectivity index (χ3v) is 4.60. The van der Waals surface area contributed by atoms with Gasteiger partial charge in [0.2, 0.25) is 0 Å². The maximum absolute atomic E-state index is 13.2. The smallest absolute Gasteiger partial charge is 0.127 e. The molecule has 0 spiro atoms. The van der Waals surface area contributed by atoms with E-state index in [0.29, 0.717) is 10.9 Å². The maximum atomic E-state index is 13.2. The van der Waals surface area contributed by atoms with Gasteiger partial charge in [0.1, 0.15) is 17.7 Å². The van der Waals surface area contributed by atoms with Crippen LogP contribution in [0.2, 0.25) is 0 Å². The summed E-state index contributed by atoms with van der Waals surface area (Å²) in [5, 5.41) is 0. The predicted molar refractivity (Wildman–Crippen MR) is 83.2 cm³/mol. The number of hydrogen-bond donors (Lipinski definition) is 1. The Morgan fingerprint density at radius 1 is 1.10 bits per heavy atom. The number of benzene rings is 2. The molecule has 1 aliphatic heterocycles. The van der Waals surface area contributed by atoms with E-state index in [1.807, 2.05) is 18.2 Å². The third-order valence-electron chi connectivity index (χ3n) is 3.42. The molecule has 0 bridgehead atoms. The summed E-state index contributed by atoms with van der Waals surface area (Å²) in [6.07, 6.45) is 0.487. The molecule has 2 aromatic rings. The van der Waals surface area contributed by atoms with Crippen LogP contribution in [-0.2, 0) is 0 Å². The van der Waals surface area contributed by atoms with E-state index >= 15 is 0 Å². The SMILES string of the molecule is N[C@@H]1CC(c2ccc(F)cc2Br)Oc2cc(Br)ccc21. The van der Waals surface area contributed by atoms with E-state index in [4.69, 9.17) is 10.5 Å². The van der Waals surface area contributed by atoms with Crippen molar-refractivity contribution in [1.29, 1.82) is 0 Å².